The van der Waals surface area contributed by atoms with Gasteiger partial charge in [0.15, 0.2) is 0 Å². The van der Waals surface area contributed by atoms with Crippen LogP contribution in [0.4, 0.5) is 11.4 Å². The van der Waals surface area contributed by atoms with Crippen molar-refractivity contribution in [1.29, 1.82) is 0 Å². The van der Waals surface area contributed by atoms with Gasteiger partial charge in [-0.1, -0.05) is 18.2 Å². The van der Waals surface area contributed by atoms with E-state index in [1.807, 2.05) is 51.4 Å². The van der Waals surface area contributed by atoms with E-state index in [2.05, 4.69) is 10.2 Å². The van der Waals surface area contributed by atoms with E-state index in [4.69, 9.17) is 10.5 Å². The highest BCUT2D eigenvalue weighted by Gasteiger charge is 2.09. The van der Waals surface area contributed by atoms with Crippen LogP contribution in [0.1, 0.15) is 11.1 Å². The van der Waals surface area contributed by atoms with Gasteiger partial charge in [0.1, 0.15) is 12.4 Å². The van der Waals surface area contributed by atoms with E-state index in [1.54, 1.807) is 12.1 Å². The molecule has 0 aliphatic heterocycles. The van der Waals surface area contributed by atoms with Crippen LogP contribution in [-0.2, 0) is 11.2 Å². The normalized spacial score (nSPS) is 10.7. The van der Waals surface area contributed by atoms with Crippen LogP contribution < -0.4 is 15.8 Å². The molecular weight excluding hydrogens is 302 g/mol. The Balaban J connectivity index is 2.02. The second-order valence-electron chi connectivity index (χ2n) is 6.12. The first-order valence-corrected chi connectivity index (χ1v) is 7.96. The fraction of sp³-hybridized carbons (Fsp3) is 0.316. The summed E-state index contributed by atoms with van der Waals surface area (Å²) in [6.45, 7) is 3.38. The topological polar surface area (TPSA) is 67.6 Å². The van der Waals surface area contributed by atoms with Crippen LogP contribution in [0.3, 0.4) is 0 Å². The largest absolute Gasteiger partial charge is 0.490 e. The molecule has 0 heterocycles. The molecule has 2 rings (SSSR count). The molecule has 1 amide bonds. The van der Waals surface area contributed by atoms with Gasteiger partial charge in [-0.05, 0) is 56.4 Å². The number of rotatable bonds is 7. The van der Waals surface area contributed by atoms with Crippen molar-refractivity contribution in [1.82, 2.24) is 4.90 Å². The van der Waals surface area contributed by atoms with Gasteiger partial charge in [0.05, 0.1) is 12.1 Å². The standard InChI is InChI=1S/C19H25N3O2/c1-14-4-9-17(18(12-14)24-11-10-22(2)3)21-19(23)13-15-5-7-16(20)8-6-15/h4-9,12H,10-11,13,20H2,1-3H3,(H,21,23). The van der Waals surface area contributed by atoms with Gasteiger partial charge in [0.25, 0.3) is 0 Å². The monoisotopic (exact) mass is 327 g/mol. The molecule has 2 aromatic carbocycles. The average molecular weight is 327 g/mol. The van der Waals surface area contributed by atoms with Crippen molar-refractivity contribution < 1.29 is 9.53 Å². The highest BCUT2D eigenvalue weighted by Crippen LogP contribution is 2.26. The van der Waals surface area contributed by atoms with E-state index in [1.165, 1.54) is 0 Å². The van der Waals surface area contributed by atoms with Crippen LogP contribution in [0.25, 0.3) is 0 Å². The summed E-state index contributed by atoms with van der Waals surface area (Å²) in [7, 11) is 3.99. The number of anilines is 2. The fourth-order valence-corrected chi connectivity index (χ4v) is 2.21. The highest BCUT2D eigenvalue weighted by molar-refractivity contribution is 5.93. The molecule has 2 aromatic rings. The maximum Gasteiger partial charge on any atom is 0.228 e. The summed E-state index contributed by atoms with van der Waals surface area (Å²) in [5.74, 6) is 0.614. The zero-order valence-electron chi connectivity index (χ0n) is 14.5. The van der Waals surface area contributed by atoms with Crippen LogP contribution in [0, 0.1) is 6.92 Å². The molecule has 0 aromatic heterocycles. The Kier molecular flexibility index (Phi) is 6.21. The van der Waals surface area contributed by atoms with Crippen LogP contribution in [-0.4, -0.2) is 38.1 Å². The predicted octanol–water partition coefficient (Wildman–Crippen LogP) is 2.70. The smallest absolute Gasteiger partial charge is 0.228 e. The summed E-state index contributed by atoms with van der Waals surface area (Å²) < 4.78 is 5.82. The van der Waals surface area contributed by atoms with E-state index in [9.17, 15) is 4.79 Å². The second kappa shape index (κ2) is 8.36. The summed E-state index contributed by atoms with van der Waals surface area (Å²) >= 11 is 0. The maximum atomic E-state index is 12.3. The highest BCUT2D eigenvalue weighted by atomic mass is 16.5. The van der Waals surface area contributed by atoms with E-state index >= 15 is 0 Å². The lowest BCUT2D eigenvalue weighted by Crippen LogP contribution is -2.20. The zero-order valence-corrected chi connectivity index (χ0v) is 14.5. The molecule has 5 nitrogen and oxygen atoms in total. The molecular formula is C19H25N3O2. The number of nitrogens with one attached hydrogen (secondary N) is 1. The number of likely N-dealkylation sites (N-methyl/N-ethyl adjacent to an activating group) is 1. The number of amides is 1. The summed E-state index contributed by atoms with van der Waals surface area (Å²) in [5.41, 5.74) is 9.06. The van der Waals surface area contributed by atoms with Crippen molar-refractivity contribution in [2.75, 3.05) is 38.3 Å². The summed E-state index contributed by atoms with van der Waals surface area (Å²) in [6, 6.07) is 13.1. The second-order valence-corrected chi connectivity index (χ2v) is 6.12. The molecule has 0 radical (unpaired) electrons. The van der Waals surface area contributed by atoms with Crippen molar-refractivity contribution in [3.05, 3.63) is 53.6 Å². The van der Waals surface area contributed by atoms with Gasteiger partial charge in [-0.25, -0.2) is 0 Å². The van der Waals surface area contributed by atoms with Crippen LogP contribution in [0.2, 0.25) is 0 Å². The Bertz CT molecular complexity index is 682. The maximum absolute atomic E-state index is 12.3. The third-order valence-electron chi connectivity index (χ3n) is 3.55. The first-order chi connectivity index (χ1) is 11.4. The molecule has 0 spiro atoms. The van der Waals surface area contributed by atoms with Gasteiger partial charge in [-0.2, -0.15) is 0 Å². The number of benzene rings is 2. The first kappa shape index (κ1) is 17.8. The molecule has 0 aliphatic carbocycles. The average Bonchev–Trinajstić information content (AvgIpc) is 2.52. The number of nitrogen functional groups attached to an aromatic ring is 1. The van der Waals surface area contributed by atoms with Gasteiger partial charge in [0.2, 0.25) is 5.91 Å². The number of aryl methyl sites for hydroxylation is 1. The van der Waals surface area contributed by atoms with Gasteiger partial charge < -0.3 is 20.7 Å². The summed E-state index contributed by atoms with van der Waals surface area (Å²) in [5, 5.41) is 2.93. The van der Waals surface area contributed by atoms with Gasteiger partial charge in [0, 0.05) is 12.2 Å². The Morgan fingerprint density at radius 1 is 1.17 bits per heavy atom. The minimum absolute atomic E-state index is 0.0823. The summed E-state index contributed by atoms with van der Waals surface area (Å²) in [6.07, 6.45) is 0.297. The Hall–Kier alpha value is -2.53. The molecule has 128 valence electrons. The minimum Gasteiger partial charge on any atom is -0.490 e. The van der Waals surface area contributed by atoms with E-state index in [0.717, 1.165) is 17.7 Å². The Morgan fingerprint density at radius 3 is 2.54 bits per heavy atom. The van der Waals surface area contributed by atoms with Gasteiger partial charge >= 0.3 is 0 Å². The quantitative estimate of drug-likeness (QED) is 0.767. The number of ether oxygens (including phenoxy) is 1. The third-order valence-corrected chi connectivity index (χ3v) is 3.55. The molecule has 0 aliphatic rings. The van der Waals surface area contributed by atoms with Gasteiger partial charge in [-0.15, -0.1) is 0 Å². The number of carbonyl (C=O) groups excluding carboxylic acids is 1. The van der Waals surface area contributed by atoms with Crippen LogP contribution in [0.15, 0.2) is 42.5 Å². The third kappa shape index (κ3) is 5.59. The number of hydrogen-bond donors (Lipinski definition) is 2. The van der Waals surface area contributed by atoms with Crippen molar-refractivity contribution >= 4 is 17.3 Å². The lowest BCUT2D eigenvalue weighted by molar-refractivity contribution is -0.115. The van der Waals surface area contributed by atoms with Crippen molar-refractivity contribution in [3.8, 4) is 5.75 Å². The van der Waals surface area contributed by atoms with Crippen molar-refractivity contribution in [3.63, 3.8) is 0 Å². The molecule has 3 N–H and O–H groups in total. The molecule has 0 fully saturated rings. The molecule has 0 atom stereocenters. The first-order valence-electron chi connectivity index (χ1n) is 7.96. The van der Waals surface area contributed by atoms with E-state index < -0.39 is 0 Å². The molecule has 0 unspecified atom stereocenters. The molecule has 0 saturated heterocycles. The Morgan fingerprint density at radius 2 is 1.88 bits per heavy atom. The lowest BCUT2D eigenvalue weighted by atomic mass is 10.1. The SMILES string of the molecule is Cc1ccc(NC(=O)Cc2ccc(N)cc2)c(OCCN(C)C)c1. The van der Waals surface area contributed by atoms with Gasteiger partial charge in [-0.3, -0.25) is 4.79 Å². The fourth-order valence-electron chi connectivity index (χ4n) is 2.21. The number of nitrogens with zero attached hydrogens (tertiary/aromatic N) is 1. The zero-order chi connectivity index (χ0) is 17.5. The van der Waals surface area contributed by atoms with Crippen molar-refractivity contribution in [2.45, 2.75) is 13.3 Å². The number of nitrogens with two attached hydrogens (primary N) is 1. The predicted molar refractivity (Wildman–Crippen MR) is 98.4 cm³/mol. The van der Waals surface area contributed by atoms with Crippen LogP contribution in [0.5, 0.6) is 5.75 Å². The summed E-state index contributed by atoms with van der Waals surface area (Å²) in [4.78, 5) is 14.3. The minimum atomic E-state index is -0.0823. The molecule has 5 heteroatoms. The lowest BCUT2D eigenvalue weighted by Gasteiger charge is -2.15. The molecule has 0 saturated carbocycles. The van der Waals surface area contributed by atoms with Crippen molar-refractivity contribution in [2.24, 2.45) is 0 Å². The number of hydrogen-bond acceptors (Lipinski definition) is 4. The van der Waals surface area contributed by atoms with Crippen LogP contribution >= 0.6 is 0 Å². The number of carbonyl (C=O) groups is 1. The molecule has 24 heavy (non-hydrogen) atoms. The van der Waals surface area contributed by atoms with E-state index in [-0.39, 0.29) is 5.91 Å². The van der Waals surface area contributed by atoms with E-state index in [0.29, 0.717) is 30.2 Å². The Labute approximate surface area is 143 Å². The molecule has 0 bridgehead atoms.